The van der Waals surface area contributed by atoms with Crippen molar-refractivity contribution in [3.8, 4) is 11.3 Å². The summed E-state index contributed by atoms with van der Waals surface area (Å²) in [6.07, 6.45) is 0.543. The third-order valence-electron chi connectivity index (χ3n) is 4.62. The number of nitrogens with one attached hydrogen (secondary N) is 1. The first-order valence-corrected chi connectivity index (χ1v) is 14.0. The Balaban J connectivity index is 1.37. The van der Waals surface area contributed by atoms with Gasteiger partial charge in [0.25, 0.3) is 5.91 Å². The average molecular weight is 535 g/mol. The Bertz CT molecular complexity index is 1380. The lowest BCUT2D eigenvalue weighted by atomic mass is 10.1. The van der Waals surface area contributed by atoms with Gasteiger partial charge in [-0.25, -0.2) is 8.42 Å². The third kappa shape index (κ3) is 6.03. The number of benzene rings is 2. The summed E-state index contributed by atoms with van der Waals surface area (Å²) in [5.41, 5.74) is 1.78. The lowest BCUT2D eigenvalue weighted by molar-refractivity contribution is 0.101. The van der Waals surface area contributed by atoms with Gasteiger partial charge in [-0.15, -0.1) is 10.2 Å². The molecule has 176 valence electrons. The van der Waals surface area contributed by atoms with Crippen LogP contribution in [0.25, 0.3) is 11.3 Å². The molecule has 12 heteroatoms. The number of nitrogens with zero attached hydrogens (tertiary/aromatic N) is 3. The van der Waals surface area contributed by atoms with Crippen LogP contribution >= 0.6 is 34.7 Å². The number of thioether (sulfide) groups is 1. The summed E-state index contributed by atoms with van der Waals surface area (Å²) in [5.74, 6) is 0.653. The Labute approximate surface area is 209 Å². The lowest BCUT2D eigenvalue weighted by Crippen LogP contribution is -2.11. The van der Waals surface area contributed by atoms with E-state index in [1.807, 2.05) is 31.2 Å². The van der Waals surface area contributed by atoms with E-state index in [9.17, 15) is 13.2 Å². The van der Waals surface area contributed by atoms with E-state index in [1.165, 1.54) is 41.3 Å². The topological polar surface area (TPSA) is 115 Å². The first-order chi connectivity index (χ1) is 16.3. The molecule has 0 aliphatic heterocycles. The molecular weight excluding hydrogens is 516 g/mol. The number of amides is 1. The van der Waals surface area contributed by atoms with Crippen LogP contribution in [0.15, 0.2) is 68.4 Å². The van der Waals surface area contributed by atoms with Crippen molar-refractivity contribution in [1.82, 2.24) is 15.4 Å². The molecule has 0 spiro atoms. The molecule has 2 heterocycles. The van der Waals surface area contributed by atoms with E-state index in [1.54, 1.807) is 12.1 Å². The number of carbonyl (C=O) groups is 1. The molecule has 0 atom stereocenters. The summed E-state index contributed by atoms with van der Waals surface area (Å²) >= 11 is 8.66. The van der Waals surface area contributed by atoms with Gasteiger partial charge in [0, 0.05) is 22.4 Å². The van der Waals surface area contributed by atoms with Crippen LogP contribution in [0.5, 0.6) is 0 Å². The summed E-state index contributed by atoms with van der Waals surface area (Å²) in [6.45, 7) is 1.82. The maximum Gasteiger partial charge on any atom is 0.279 e. The van der Waals surface area contributed by atoms with Crippen LogP contribution in [0, 0.1) is 0 Å². The highest BCUT2D eigenvalue weighted by atomic mass is 35.5. The number of sulfone groups is 1. The molecule has 34 heavy (non-hydrogen) atoms. The fourth-order valence-electron chi connectivity index (χ4n) is 2.94. The Morgan fingerprint density at radius 2 is 1.85 bits per heavy atom. The summed E-state index contributed by atoms with van der Waals surface area (Å²) < 4.78 is 30.3. The van der Waals surface area contributed by atoms with Crippen LogP contribution in [-0.4, -0.2) is 35.4 Å². The normalized spacial score (nSPS) is 11.5. The second-order valence-corrected chi connectivity index (χ2v) is 11.9. The Hall–Kier alpha value is -2.73. The maximum atomic E-state index is 12.5. The van der Waals surface area contributed by atoms with Gasteiger partial charge in [-0.3, -0.25) is 10.1 Å². The van der Waals surface area contributed by atoms with Gasteiger partial charge in [0.05, 0.1) is 10.6 Å². The van der Waals surface area contributed by atoms with Crippen molar-refractivity contribution in [3.05, 3.63) is 70.9 Å². The largest absolute Gasteiger partial charge is 0.355 e. The highest BCUT2D eigenvalue weighted by Crippen LogP contribution is 2.29. The monoisotopic (exact) mass is 534 g/mol. The molecule has 1 N–H and O–H groups in total. The maximum absolute atomic E-state index is 12.5. The van der Waals surface area contributed by atoms with Gasteiger partial charge in [0.2, 0.25) is 5.13 Å². The molecule has 1 amide bonds. The standard InChI is InChI=1S/C22H19ClN4O4S3/c1-2-11-34(29,30)17-9-5-15(6-10-17)19-12-18(27-31-19)20(28)24-21-25-26-22(33-21)32-13-14-3-7-16(23)8-4-14/h3-10,12H,2,11,13H2,1H3,(H,24,25,28). The van der Waals surface area contributed by atoms with Gasteiger partial charge in [0.15, 0.2) is 25.6 Å². The van der Waals surface area contributed by atoms with Gasteiger partial charge in [-0.05, 0) is 48.4 Å². The second kappa shape index (κ2) is 10.7. The fraction of sp³-hybridized carbons (Fsp3) is 0.182. The zero-order valence-corrected chi connectivity index (χ0v) is 21.1. The molecule has 0 aliphatic rings. The Morgan fingerprint density at radius 1 is 1.12 bits per heavy atom. The molecule has 2 aromatic heterocycles. The lowest BCUT2D eigenvalue weighted by Gasteiger charge is -2.03. The molecule has 8 nitrogen and oxygen atoms in total. The number of hydrogen-bond donors (Lipinski definition) is 1. The number of carbonyl (C=O) groups excluding carboxylic acids is 1. The van der Waals surface area contributed by atoms with Crippen LogP contribution in [0.1, 0.15) is 29.4 Å². The minimum Gasteiger partial charge on any atom is -0.355 e. The average Bonchev–Trinajstić information content (AvgIpc) is 3.49. The minimum absolute atomic E-state index is 0.0725. The smallest absolute Gasteiger partial charge is 0.279 e. The van der Waals surface area contributed by atoms with Gasteiger partial charge < -0.3 is 4.52 Å². The van der Waals surface area contributed by atoms with Crippen molar-refractivity contribution in [2.24, 2.45) is 0 Å². The van der Waals surface area contributed by atoms with Crippen LogP contribution in [0.4, 0.5) is 5.13 Å². The van der Waals surface area contributed by atoms with E-state index in [0.29, 0.717) is 38.0 Å². The molecule has 0 bridgehead atoms. The number of hydrogen-bond acceptors (Lipinski definition) is 9. The van der Waals surface area contributed by atoms with Crippen molar-refractivity contribution < 1.29 is 17.7 Å². The molecule has 4 aromatic rings. The predicted molar refractivity (Wildman–Crippen MR) is 133 cm³/mol. The fourth-order valence-corrected chi connectivity index (χ4v) is 6.09. The van der Waals surface area contributed by atoms with Crippen LogP contribution in [0.2, 0.25) is 5.02 Å². The number of anilines is 1. The van der Waals surface area contributed by atoms with Gasteiger partial charge in [-0.1, -0.05) is 58.9 Å². The summed E-state index contributed by atoms with van der Waals surface area (Å²) in [5, 5.41) is 15.6. The van der Waals surface area contributed by atoms with E-state index in [0.717, 1.165) is 5.56 Å². The number of halogens is 1. The van der Waals surface area contributed by atoms with Gasteiger partial charge in [0.1, 0.15) is 0 Å². The zero-order valence-electron chi connectivity index (χ0n) is 17.9. The predicted octanol–water partition coefficient (Wildman–Crippen LogP) is 5.57. The molecule has 0 saturated heterocycles. The van der Waals surface area contributed by atoms with Crippen LogP contribution in [-0.2, 0) is 15.6 Å². The second-order valence-electron chi connectivity index (χ2n) is 7.16. The van der Waals surface area contributed by atoms with Crippen molar-refractivity contribution in [2.45, 2.75) is 28.3 Å². The highest BCUT2D eigenvalue weighted by molar-refractivity contribution is 8.00. The van der Waals surface area contributed by atoms with E-state index in [4.69, 9.17) is 16.1 Å². The van der Waals surface area contributed by atoms with Crippen molar-refractivity contribution in [3.63, 3.8) is 0 Å². The summed E-state index contributed by atoms with van der Waals surface area (Å²) in [6, 6.07) is 15.3. The highest BCUT2D eigenvalue weighted by Gasteiger charge is 2.18. The van der Waals surface area contributed by atoms with E-state index >= 15 is 0 Å². The first-order valence-electron chi connectivity index (χ1n) is 10.2. The zero-order chi connectivity index (χ0) is 24.1. The molecule has 4 rings (SSSR count). The van der Waals surface area contributed by atoms with Gasteiger partial charge >= 0.3 is 0 Å². The molecule has 0 aliphatic carbocycles. The molecule has 2 aromatic carbocycles. The van der Waals surface area contributed by atoms with Crippen LogP contribution < -0.4 is 5.32 Å². The van der Waals surface area contributed by atoms with E-state index in [2.05, 4.69) is 20.7 Å². The van der Waals surface area contributed by atoms with E-state index < -0.39 is 15.7 Å². The van der Waals surface area contributed by atoms with Crippen molar-refractivity contribution in [1.29, 1.82) is 0 Å². The molecule has 0 unspecified atom stereocenters. The number of rotatable bonds is 9. The summed E-state index contributed by atoms with van der Waals surface area (Å²) in [4.78, 5) is 12.8. The molecular formula is C22H19ClN4O4S3. The Morgan fingerprint density at radius 3 is 2.56 bits per heavy atom. The van der Waals surface area contributed by atoms with E-state index in [-0.39, 0.29) is 16.3 Å². The minimum atomic E-state index is -3.30. The third-order valence-corrected chi connectivity index (χ3v) is 8.85. The SMILES string of the molecule is CCCS(=O)(=O)c1ccc(-c2cc(C(=O)Nc3nnc(SCc4ccc(Cl)cc4)s3)no2)cc1. The Kier molecular flexibility index (Phi) is 7.67. The van der Waals surface area contributed by atoms with Crippen molar-refractivity contribution in [2.75, 3.05) is 11.1 Å². The van der Waals surface area contributed by atoms with Crippen molar-refractivity contribution >= 4 is 55.6 Å². The molecule has 0 fully saturated rings. The summed E-state index contributed by atoms with van der Waals surface area (Å²) in [7, 11) is -3.30. The van der Waals surface area contributed by atoms with Gasteiger partial charge in [-0.2, -0.15) is 0 Å². The molecule has 0 saturated carbocycles. The first kappa shape index (κ1) is 24.4. The quantitative estimate of drug-likeness (QED) is 0.219. The number of aromatic nitrogens is 3. The van der Waals surface area contributed by atoms with Crippen LogP contribution in [0.3, 0.4) is 0 Å². The molecule has 0 radical (unpaired) electrons.